The number of aliphatic hydroxyl groups is 1. The molecule has 0 aromatic rings. The molecule has 0 aliphatic carbocycles. The molecule has 0 saturated carbocycles. The largest absolute Gasteiger partial charge is 0.755 e. The van der Waals surface area contributed by atoms with E-state index in [0.29, 0.717) is 6.26 Å². The van der Waals surface area contributed by atoms with Crippen molar-refractivity contribution in [1.82, 2.24) is 0 Å². The highest BCUT2D eigenvalue weighted by atomic mass is 31.2. The van der Waals surface area contributed by atoms with Crippen molar-refractivity contribution in [1.29, 1.82) is 0 Å². The minimum absolute atomic E-state index is 0.120. The van der Waals surface area contributed by atoms with Gasteiger partial charge in [-0.05, 0) is 21.6 Å². The van der Waals surface area contributed by atoms with Crippen molar-refractivity contribution in [2.24, 2.45) is 5.41 Å². The van der Waals surface area contributed by atoms with Crippen molar-refractivity contribution in [2.75, 3.05) is 0 Å². The highest BCUT2D eigenvalue weighted by molar-refractivity contribution is 7.45. The lowest BCUT2D eigenvalue weighted by molar-refractivity contribution is -0.595. The molecule has 0 aromatic heterocycles. The van der Waals surface area contributed by atoms with E-state index in [1.54, 1.807) is 6.08 Å². The van der Waals surface area contributed by atoms with Crippen LogP contribution in [0.2, 0.25) is 0 Å². The van der Waals surface area contributed by atoms with Gasteiger partial charge in [0, 0.05) is 0 Å². The van der Waals surface area contributed by atoms with Gasteiger partial charge < -0.3 is 24.3 Å². The Bertz CT molecular complexity index is 649. The highest BCUT2D eigenvalue weighted by Gasteiger charge is 2.12. The Labute approximate surface area is 230 Å². The summed E-state index contributed by atoms with van der Waals surface area (Å²) in [6.07, 6.45) is 8.00. The number of rotatable bonds is 13. The predicted molar refractivity (Wildman–Crippen MR) is 143 cm³/mol. The summed E-state index contributed by atoms with van der Waals surface area (Å²) in [5.74, 6) is 0. The fourth-order valence-electron chi connectivity index (χ4n) is 0.590. The van der Waals surface area contributed by atoms with Crippen LogP contribution in [0.4, 0.5) is 0 Å². The lowest BCUT2D eigenvalue weighted by Crippen LogP contribution is -2.09. The molecular formula is C22H40O15P2-2. The van der Waals surface area contributed by atoms with E-state index in [0.717, 1.165) is 6.26 Å². The fourth-order valence-corrected chi connectivity index (χ4v) is 1.01. The maximum Gasteiger partial charge on any atom is 0.351 e. The number of phosphoric ester groups is 1. The molecule has 0 bridgehead atoms. The van der Waals surface area contributed by atoms with Gasteiger partial charge in [0.1, 0.15) is 25.0 Å². The van der Waals surface area contributed by atoms with Crippen LogP contribution in [-0.2, 0) is 52.6 Å². The van der Waals surface area contributed by atoms with Gasteiger partial charge in [0.05, 0.1) is 12.5 Å². The topological polar surface area (TPSA) is 204 Å². The van der Waals surface area contributed by atoms with Crippen LogP contribution < -0.4 is 9.79 Å². The molecule has 2 atom stereocenters. The third kappa shape index (κ3) is 95.7. The van der Waals surface area contributed by atoms with Crippen LogP contribution in [0.15, 0.2) is 116 Å². The molecule has 0 rings (SSSR count). The van der Waals surface area contributed by atoms with Gasteiger partial charge in [-0.15, -0.1) is 48.8 Å². The van der Waals surface area contributed by atoms with Crippen molar-refractivity contribution in [3.63, 3.8) is 0 Å². The normalized spacial score (nSPS) is 11.4. The average Bonchev–Trinajstić information content (AvgIpc) is 2.87. The monoisotopic (exact) mass is 606 g/mol. The predicted octanol–water partition coefficient (Wildman–Crippen LogP) is 5.84. The lowest BCUT2D eigenvalue weighted by Gasteiger charge is -2.18. The van der Waals surface area contributed by atoms with E-state index < -0.39 is 15.6 Å². The zero-order valence-electron chi connectivity index (χ0n) is 22.4. The number of hydrogen-bond acceptors (Lipinski definition) is 14. The van der Waals surface area contributed by atoms with E-state index in [9.17, 15) is 18.9 Å². The lowest BCUT2D eigenvalue weighted by atomic mass is 9.98. The number of phosphoric acid groups is 2. The van der Waals surface area contributed by atoms with Crippen LogP contribution >= 0.6 is 15.6 Å². The first-order valence-electron chi connectivity index (χ1n) is 9.41. The first kappa shape index (κ1) is 52.1. The Hall–Kier alpha value is -3.36. The van der Waals surface area contributed by atoms with Crippen LogP contribution in [0.3, 0.4) is 0 Å². The molecule has 0 aromatic carbocycles. The highest BCUT2D eigenvalue weighted by Crippen LogP contribution is 2.39. The zero-order valence-corrected chi connectivity index (χ0v) is 24.2. The van der Waals surface area contributed by atoms with Gasteiger partial charge in [0.15, 0.2) is 0 Å². The van der Waals surface area contributed by atoms with E-state index in [4.69, 9.17) is 10.00 Å². The average molecular weight is 606 g/mol. The zero-order chi connectivity index (χ0) is 32.8. The fraction of sp³-hybridized carbons (Fsp3) is 0.182. The third-order valence-corrected chi connectivity index (χ3v) is 2.34. The number of aliphatic hydroxyl groups excluding tert-OH is 1. The van der Waals surface area contributed by atoms with Crippen LogP contribution in [-0.4, -0.2) is 10.00 Å². The molecule has 0 spiro atoms. The molecule has 0 heterocycles. The van der Waals surface area contributed by atoms with Gasteiger partial charge in [-0.3, -0.25) is 28.7 Å². The Morgan fingerprint density at radius 3 is 1.15 bits per heavy atom. The molecule has 39 heavy (non-hydrogen) atoms. The summed E-state index contributed by atoms with van der Waals surface area (Å²) in [6, 6.07) is 0. The van der Waals surface area contributed by atoms with Crippen molar-refractivity contribution >= 4 is 15.6 Å². The second-order valence-corrected chi connectivity index (χ2v) is 7.55. The molecular weight excluding hydrogens is 566 g/mol. The van der Waals surface area contributed by atoms with Gasteiger partial charge in [0.2, 0.25) is 0 Å². The summed E-state index contributed by atoms with van der Waals surface area (Å²) in [4.78, 5) is 44.6. The molecule has 0 fully saturated rings. The Balaban J connectivity index is -0.0000000699. The SMILES string of the molecule is C=C.C=C.C=C.C=COOC=C.C=COOC=C.C=COP(=O)([O-])OOOOP(=O)([O-])O.CC(C)(C)/C=C/O. The first-order valence-corrected chi connectivity index (χ1v) is 12.4. The van der Waals surface area contributed by atoms with Crippen molar-refractivity contribution in [3.8, 4) is 0 Å². The third-order valence-electron chi connectivity index (χ3n) is 1.44. The molecule has 2 unspecified atom stereocenters. The minimum atomic E-state index is -5.19. The van der Waals surface area contributed by atoms with Crippen molar-refractivity contribution in [3.05, 3.63) is 116 Å². The van der Waals surface area contributed by atoms with E-state index in [-0.39, 0.29) is 5.41 Å². The molecule has 0 aliphatic heterocycles. The molecule has 0 amide bonds. The van der Waals surface area contributed by atoms with Gasteiger partial charge in [0.25, 0.3) is 7.82 Å². The van der Waals surface area contributed by atoms with E-state index in [2.05, 4.69) is 116 Å². The molecule has 15 nitrogen and oxygen atoms in total. The van der Waals surface area contributed by atoms with Gasteiger partial charge in [-0.2, -0.15) is 0 Å². The van der Waals surface area contributed by atoms with Crippen LogP contribution in [0.25, 0.3) is 0 Å². The summed E-state index contributed by atoms with van der Waals surface area (Å²) in [6.45, 7) is 39.8. The van der Waals surface area contributed by atoms with Gasteiger partial charge in [-0.25, -0.2) is 0 Å². The summed E-state index contributed by atoms with van der Waals surface area (Å²) in [5, 5.41) is 14.6. The summed E-state index contributed by atoms with van der Waals surface area (Å²) >= 11 is 0. The Morgan fingerprint density at radius 1 is 0.667 bits per heavy atom. The molecule has 0 radical (unpaired) electrons. The van der Waals surface area contributed by atoms with Crippen LogP contribution in [0, 0.1) is 5.41 Å². The molecule has 230 valence electrons. The van der Waals surface area contributed by atoms with Crippen LogP contribution in [0.5, 0.6) is 0 Å². The minimum Gasteiger partial charge on any atom is -0.755 e. The number of allylic oxidation sites excluding steroid dienone is 1. The molecule has 17 heteroatoms. The summed E-state index contributed by atoms with van der Waals surface area (Å²) in [5.41, 5.74) is 0.120. The van der Waals surface area contributed by atoms with Crippen LogP contribution in [0.1, 0.15) is 20.8 Å². The molecule has 2 N–H and O–H groups in total. The van der Waals surface area contributed by atoms with E-state index in [1.807, 2.05) is 20.8 Å². The maximum atomic E-state index is 10.4. The number of hydrogen-bond donors (Lipinski definition) is 2. The molecule has 0 aliphatic rings. The standard InChI is InChI=1S/C6H12O.2C4H6O2.C2H6O10P2.3C2H4/c1-6(2,3)4-5-7;2*1-3-5-6-4-2;1-2-8-14(6,7)12-10-9-11-13(3,4)5;3*1-2/h4-5,7H,1-3H3;2*3-4H,1-2H2;2H,1H2,(H,6,7)(H2,3,4,5);3*1-2H2/p-2/b5-4+;;;;;;. The van der Waals surface area contributed by atoms with E-state index >= 15 is 0 Å². The Morgan fingerprint density at radius 2 is 0.974 bits per heavy atom. The van der Waals surface area contributed by atoms with E-state index in [1.165, 1.54) is 25.0 Å². The second kappa shape index (κ2) is 41.8. The Kier molecular flexibility index (Phi) is 55.8. The quantitative estimate of drug-likeness (QED) is 0.0631. The second-order valence-electron chi connectivity index (χ2n) is 5.21. The maximum absolute atomic E-state index is 10.4. The van der Waals surface area contributed by atoms with Gasteiger partial charge >= 0.3 is 7.82 Å². The summed E-state index contributed by atoms with van der Waals surface area (Å²) in [7, 11) is -10.0. The first-order chi connectivity index (χ1) is 18.2. The van der Waals surface area contributed by atoms with Gasteiger partial charge in [-0.1, -0.05) is 53.7 Å². The molecule has 0 saturated heterocycles. The van der Waals surface area contributed by atoms with Crippen molar-refractivity contribution in [2.45, 2.75) is 20.8 Å². The smallest absolute Gasteiger partial charge is 0.351 e. The van der Waals surface area contributed by atoms with Crippen molar-refractivity contribution < 1.29 is 72.4 Å². The summed E-state index contributed by atoms with van der Waals surface area (Å²) < 4.78 is 30.3.